The van der Waals surface area contributed by atoms with Crippen LogP contribution in [-0.2, 0) is 0 Å². The van der Waals surface area contributed by atoms with E-state index in [0.29, 0.717) is 11.3 Å². The highest BCUT2D eigenvalue weighted by Gasteiger charge is 2.35. The molecular formula is C15H19BrFN3. The fourth-order valence-corrected chi connectivity index (χ4v) is 3.28. The Morgan fingerprint density at radius 1 is 1.40 bits per heavy atom. The Hall–Kier alpha value is -1.12. The first-order valence-electron chi connectivity index (χ1n) is 6.79. The zero-order valence-electron chi connectivity index (χ0n) is 11.8. The summed E-state index contributed by atoms with van der Waals surface area (Å²) in [5.41, 5.74) is 0.868. The summed E-state index contributed by atoms with van der Waals surface area (Å²) in [5, 5.41) is 12.1. The molecule has 2 rings (SSSR count). The summed E-state index contributed by atoms with van der Waals surface area (Å²) in [7, 11) is 4.16. The number of halogens is 2. The lowest BCUT2D eigenvalue weighted by molar-refractivity contribution is 0.172. The third-order valence-corrected chi connectivity index (χ3v) is 5.07. The number of likely N-dealkylation sites (N-methyl/N-ethyl adjacent to an activating group) is 1. The Labute approximate surface area is 127 Å². The van der Waals surface area contributed by atoms with Gasteiger partial charge in [0.2, 0.25) is 0 Å². The summed E-state index contributed by atoms with van der Waals surface area (Å²) in [6.45, 7) is 0.718. The fourth-order valence-electron chi connectivity index (χ4n) is 2.85. The van der Waals surface area contributed by atoms with Crippen molar-refractivity contribution in [3.63, 3.8) is 0 Å². The molecule has 0 spiro atoms. The monoisotopic (exact) mass is 339 g/mol. The molecule has 0 aromatic heterocycles. The fraction of sp³-hybridized carbons (Fsp3) is 0.533. The van der Waals surface area contributed by atoms with Crippen LogP contribution in [-0.4, -0.2) is 31.1 Å². The minimum absolute atomic E-state index is 0.104. The van der Waals surface area contributed by atoms with E-state index in [9.17, 15) is 4.39 Å². The van der Waals surface area contributed by atoms with Crippen LogP contribution in [0.1, 0.15) is 31.2 Å². The van der Waals surface area contributed by atoms with Crippen molar-refractivity contribution in [2.75, 3.05) is 26.0 Å². The summed E-state index contributed by atoms with van der Waals surface area (Å²) < 4.78 is 14.4. The molecule has 1 aliphatic rings. The van der Waals surface area contributed by atoms with Gasteiger partial charge in [-0.2, -0.15) is 5.26 Å². The molecule has 0 aliphatic heterocycles. The maximum Gasteiger partial charge on any atom is 0.161 e. The van der Waals surface area contributed by atoms with Crippen molar-refractivity contribution in [2.24, 2.45) is 0 Å². The third-order valence-electron chi connectivity index (χ3n) is 4.29. The van der Waals surface area contributed by atoms with Crippen molar-refractivity contribution in [3.05, 3.63) is 28.0 Å². The molecular weight excluding hydrogens is 321 g/mol. The molecule has 108 valence electrons. The minimum Gasteiger partial charge on any atom is -0.381 e. The third kappa shape index (κ3) is 2.82. The highest BCUT2D eigenvalue weighted by Crippen LogP contribution is 2.34. The van der Waals surface area contributed by atoms with Gasteiger partial charge in [0.05, 0.1) is 15.7 Å². The number of hydrogen-bond donors (Lipinski definition) is 1. The van der Waals surface area contributed by atoms with Gasteiger partial charge in [-0.15, -0.1) is 0 Å². The van der Waals surface area contributed by atoms with Crippen LogP contribution in [0, 0.1) is 17.1 Å². The van der Waals surface area contributed by atoms with Crippen LogP contribution in [0.15, 0.2) is 16.6 Å². The van der Waals surface area contributed by atoms with Gasteiger partial charge < -0.3 is 10.2 Å². The maximum atomic E-state index is 14.2. The van der Waals surface area contributed by atoms with Gasteiger partial charge >= 0.3 is 0 Å². The number of anilines is 1. The van der Waals surface area contributed by atoms with Gasteiger partial charge in [0.1, 0.15) is 6.07 Å². The molecule has 1 aromatic carbocycles. The number of rotatable bonds is 4. The van der Waals surface area contributed by atoms with Crippen LogP contribution in [0.25, 0.3) is 0 Å². The van der Waals surface area contributed by atoms with Crippen molar-refractivity contribution in [1.82, 2.24) is 4.90 Å². The zero-order chi connectivity index (χ0) is 14.8. The molecule has 0 amide bonds. The van der Waals surface area contributed by atoms with Gasteiger partial charge in [-0.05, 0) is 55.0 Å². The standard InChI is InChI=1S/C15H19BrFN3/c1-20(2)15(7-3-4-8-15)10-19-12-6-5-11(9-18)13(16)14(12)17/h5-6,19H,3-4,7-8,10H2,1-2H3. The Balaban J connectivity index is 2.15. The van der Waals surface area contributed by atoms with Crippen molar-refractivity contribution in [1.29, 1.82) is 5.26 Å². The molecule has 5 heteroatoms. The molecule has 0 heterocycles. The molecule has 3 nitrogen and oxygen atoms in total. The lowest BCUT2D eigenvalue weighted by atomic mass is 9.96. The van der Waals surface area contributed by atoms with Gasteiger partial charge in [0.15, 0.2) is 5.82 Å². The normalized spacial score (nSPS) is 17.2. The smallest absolute Gasteiger partial charge is 0.161 e. The van der Waals surface area contributed by atoms with Gasteiger partial charge in [-0.3, -0.25) is 0 Å². The second kappa shape index (κ2) is 6.11. The lowest BCUT2D eigenvalue weighted by Gasteiger charge is -2.36. The van der Waals surface area contributed by atoms with E-state index in [1.165, 1.54) is 12.8 Å². The Morgan fingerprint density at radius 3 is 2.60 bits per heavy atom. The molecule has 0 bridgehead atoms. The van der Waals surface area contributed by atoms with E-state index >= 15 is 0 Å². The van der Waals surface area contributed by atoms with E-state index in [1.807, 2.05) is 6.07 Å². The summed E-state index contributed by atoms with van der Waals surface area (Å²) in [4.78, 5) is 2.24. The second-order valence-corrected chi connectivity index (χ2v) is 6.37. The van der Waals surface area contributed by atoms with Crippen molar-refractivity contribution < 1.29 is 4.39 Å². The van der Waals surface area contributed by atoms with Gasteiger partial charge in [-0.1, -0.05) is 12.8 Å². The van der Waals surface area contributed by atoms with Crippen LogP contribution in [0.3, 0.4) is 0 Å². The minimum atomic E-state index is -0.393. The largest absolute Gasteiger partial charge is 0.381 e. The number of hydrogen-bond acceptors (Lipinski definition) is 3. The Kier molecular flexibility index (Phi) is 4.66. The average molecular weight is 340 g/mol. The molecule has 1 aromatic rings. The highest BCUT2D eigenvalue weighted by molar-refractivity contribution is 9.10. The van der Waals surface area contributed by atoms with E-state index < -0.39 is 5.82 Å². The molecule has 1 fully saturated rings. The van der Waals surface area contributed by atoms with Gasteiger partial charge in [-0.25, -0.2) is 4.39 Å². The van der Waals surface area contributed by atoms with Crippen molar-refractivity contribution >= 4 is 21.6 Å². The maximum absolute atomic E-state index is 14.2. The topological polar surface area (TPSA) is 39.1 Å². The van der Waals surface area contributed by atoms with Crippen LogP contribution in [0.5, 0.6) is 0 Å². The van der Waals surface area contributed by atoms with Crippen molar-refractivity contribution in [3.8, 4) is 6.07 Å². The Bertz CT molecular complexity index is 531. The van der Waals surface area contributed by atoms with E-state index in [1.54, 1.807) is 12.1 Å². The molecule has 1 N–H and O–H groups in total. The predicted octanol–water partition coefficient (Wildman–Crippen LogP) is 3.75. The van der Waals surface area contributed by atoms with E-state index in [-0.39, 0.29) is 10.0 Å². The first kappa shape index (κ1) is 15.3. The highest BCUT2D eigenvalue weighted by atomic mass is 79.9. The summed E-state index contributed by atoms with van der Waals surface area (Å²) in [6.07, 6.45) is 4.71. The lowest BCUT2D eigenvalue weighted by Crippen LogP contribution is -2.47. The van der Waals surface area contributed by atoms with Crippen LogP contribution >= 0.6 is 15.9 Å². The van der Waals surface area contributed by atoms with E-state index in [0.717, 1.165) is 19.4 Å². The van der Waals surface area contributed by atoms with E-state index in [4.69, 9.17) is 5.26 Å². The quantitative estimate of drug-likeness (QED) is 0.907. The number of benzene rings is 1. The van der Waals surface area contributed by atoms with E-state index in [2.05, 4.69) is 40.2 Å². The first-order valence-corrected chi connectivity index (χ1v) is 7.59. The molecule has 0 saturated heterocycles. The summed E-state index contributed by atoms with van der Waals surface area (Å²) >= 11 is 3.14. The first-order chi connectivity index (χ1) is 9.50. The number of nitrogens with zero attached hydrogens (tertiary/aromatic N) is 2. The number of nitrogens with one attached hydrogen (secondary N) is 1. The molecule has 0 radical (unpaired) electrons. The van der Waals surface area contributed by atoms with Crippen LogP contribution < -0.4 is 5.32 Å². The van der Waals surface area contributed by atoms with Gasteiger partial charge in [0, 0.05) is 12.1 Å². The van der Waals surface area contributed by atoms with Crippen LogP contribution in [0.4, 0.5) is 10.1 Å². The zero-order valence-corrected chi connectivity index (χ0v) is 13.4. The van der Waals surface area contributed by atoms with Crippen LogP contribution in [0.2, 0.25) is 0 Å². The molecule has 0 atom stereocenters. The van der Waals surface area contributed by atoms with Gasteiger partial charge in [0.25, 0.3) is 0 Å². The van der Waals surface area contributed by atoms with Crippen molar-refractivity contribution in [2.45, 2.75) is 31.2 Å². The second-order valence-electron chi connectivity index (χ2n) is 5.58. The Morgan fingerprint density at radius 2 is 2.05 bits per heavy atom. The summed E-state index contributed by atoms with van der Waals surface area (Å²) in [6, 6.07) is 5.23. The molecule has 1 aliphatic carbocycles. The molecule has 0 unspecified atom stereocenters. The predicted molar refractivity (Wildman–Crippen MR) is 82.2 cm³/mol. The molecule has 1 saturated carbocycles. The number of nitriles is 1. The summed E-state index contributed by atoms with van der Waals surface area (Å²) in [5.74, 6) is -0.393. The average Bonchev–Trinajstić information content (AvgIpc) is 2.91. The SMILES string of the molecule is CN(C)C1(CNc2ccc(C#N)c(Br)c2F)CCCC1. The molecule has 20 heavy (non-hydrogen) atoms.